The van der Waals surface area contributed by atoms with Gasteiger partial charge in [0.25, 0.3) is 0 Å². The Balaban J connectivity index is 1.99. The molecule has 0 amide bonds. The Morgan fingerprint density at radius 3 is 2.38 bits per heavy atom. The second-order valence-electron chi connectivity index (χ2n) is 5.05. The molecule has 0 saturated heterocycles. The first kappa shape index (κ1) is 15.5. The van der Waals surface area contributed by atoms with Crippen molar-refractivity contribution < 1.29 is 0 Å². The molecule has 0 unspecified atom stereocenters. The Hall–Kier alpha value is -3.35. The number of nitrogens with one attached hydrogen (secondary N) is 1. The first-order valence-corrected chi connectivity index (χ1v) is 7.39. The summed E-state index contributed by atoms with van der Waals surface area (Å²) in [6.07, 6.45) is 1.37. The van der Waals surface area contributed by atoms with Crippen molar-refractivity contribution in [2.24, 2.45) is 0 Å². The van der Waals surface area contributed by atoms with E-state index in [0.717, 1.165) is 22.5 Å². The number of anilines is 1. The minimum absolute atomic E-state index is 0.000634. The third-order valence-corrected chi connectivity index (χ3v) is 3.65. The van der Waals surface area contributed by atoms with Crippen LogP contribution in [0.25, 0.3) is 16.7 Å². The highest BCUT2D eigenvalue weighted by molar-refractivity contribution is 6.30. The molecule has 0 aliphatic rings. The van der Waals surface area contributed by atoms with Crippen LogP contribution in [0.15, 0.2) is 48.2 Å². The minimum atomic E-state index is -0.000634. The van der Waals surface area contributed by atoms with Crippen LogP contribution in [0.5, 0.6) is 0 Å². The number of rotatable bonds is 3. The molecule has 24 heavy (non-hydrogen) atoms. The van der Waals surface area contributed by atoms with Crippen molar-refractivity contribution >= 4 is 28.3 Å². The summed E-state index contributed by atoms with van der Waals surface area (Å²) in [7, 11) is 0. The lowest BCUT2D eigenvalue weighted by atomic mass is 10.1. The Morgan fingerprint density at radius 2 is 1.75 bits per heavy atom. The summed E-state index contributed by atoms with van der Waals surface area (Å²) in [4.78, 5) is 1.54. The van der Waals surface area contributed by atoms with Gasteiger partial charge in [-0.3, -0.25) is 0 Å². The van der Waals surface area contributed by atoms with Crippen LogP contribution >= 0.6 is 11.6 Å². The Kier molecular flexibility index (Phi) is 4.15. The van der Waals surface area contributed by atoms with Crippen LogP contribution in [0, 0.1) is 29.6 Å². The number of fused-ring (bicyclic) bond motifs is 1. The van der Waals surface area contributed by atoms with Gasteiger partial charge in [-0.2, -0.15) is 15.3 Å². The van der Waals surface area contributed by atoms with Gasteiger partial charge in [-0.1, -0.05) is 11.6 Å². The van der Waals surface area contributed by atoms with Gasteiger partial charge in [-0.05, 0) is 48.9 Å². The smallest absolute Gasteiger partial charge is 0.145 e. The van der Waals surface area contributed by atoms with Crippen molar-refractivity contribution in [1.29, 1.82) is 10.5 Å². The maximum atomic E-state index is 8.78. The Labute approximate surface area is 143 Å². The van der Waals surface area contributed by atoms with Gasteiger partial charge in [0.05, 0.1) is 5.69 Å². The molecular weight excluding hydrogens is 324 g/mol. The van der Waals surface area contributed by atoms with Gasteiger partial charge in [0.15, 0.2) is 0 Å². The summed E-state index contributed by atoms with van der Waals surface area (Å²) in [6, 6.07) is 14.6. The van der Waals surface area contributed by atoms with Crippen molar-refractivity contribution in [2.45, 2.75) is 6.92 Å². The fourth-order valence-electron chi connectivity index (χ4n) is 2.15. The molecule has 0 fully saturated rings. The average Bonchev–Trinajstić information content (AvgIpc) is 2.99. The van der Waals surface area contributed by atoms with E-state index in [4.69, 9.17) is 22.1 Å². The standard InChI is InChI=1S/C17H11ClN6/c1-11-6-16-17(7-15(11)21-10-12(8-19)9-20)23-24(22-16)14-4-2-13(18)3-5-14/h2-7,10,21H,1H3. The van der Waals surface area contributed by atoms with Gasteiger partial charge in [-0.25, -0.2) is 0 Å². The molecule has 7 heteroatoms. The van der Waals surface area contributed by atoms with Crippen LogP contribution < -0.4 is 5.32 Å². The molecule has 0 bridgehead atoms. The molecule has 0 spiro atoms. The van der Waals surface area contributed by atoms with Gasteiger partial charge in [0.2, 0.25) is 0 Å². The topological polar surface area (TPSA) is 90.3 Å². The molecule has 3 rings (SSSR count). The molecule has 1 heterocycles. The number of hydrogen-bond acceptors (Lipinski definition) is 5. The number of hydrogen-bond donors (Lipinski definition) is 1. The normalized spacial score (nSPS) is 10.0. The molecule has 1 aromatic heterocycles. The number of nitriles is 2. The highest BCUT2D eigenvalue weighted by Crippen LogP contribution is 2.22. The third kappa shape index (κ3) is 3.05. The lowest BCUT2D eigenvalue weighted by molar-refractivity contribution is 0.766. The highest BCUT2D eigenvalue weighted by atomic mass is 35.5. The number of nitrogens with zero attached hydrogens (tertiary/aromatic N) is 5. The van der Waals surface area contributed by atoms with Crippen molar-refractivity contribution in [3.8, 4) is 17.8 Å². The lowest BCUT2D eigenvalue weighted by Crippen LogP contribution is -1.97. The third-order valence-electron chi connectivity index (χ3n) is 3.40. The van der Waals surface area contributed by atoms with E-state index < -0.39 is 0 Å². The van der Waals surface area contributed by atoms with E-state index in [1.807, 2.05) is 31.2 Å². The van der Waals surface area contributed by atoms with Crippen molar-refractivity contribution in [2.75, 3.05) is 5.32 Å². The highest BCUT2D eigenvalue weighted by Gasteiger charge is 2.08. The zero-order chi connectivity index (χ0) is 17.1. The van der Waals surface area contributed by atoms with Crippen molar-refractivity contribution in [3.63, 3.8) is 0 Å². The zero-order valence-corrected chi connectivity index (χ0v) is 13.4. The first-order valence-electron chi connectivity index (χ1n) is 7.01. The zero-order valence-electron chi connectivity index (χ0n) is 12.7. The molecule has 0 aliphatic carbocycles. The Morgan fingerprint density at radius 1 is 1.12 bits per heavy atom. The number of aryl methyl sites for hydroxylation is 1. The molecule has 3 aromatic rings. The summed E-state index contributed by atoms with van der Waals surface area (Å²) >= 11 is 5.89. The molecule has 0 radical (unpaired) electrons. The van der Waals surface area contributed by atoms with Crippen LogP contribution in [0.1, 0.15) is 5.56 Å². The molecule has 0 saturated carbocycles. The van der Waals surface area contributed by atoms with Crippen LogP contribution in [0.4, 0.5) is 5.69 Å². The average molecular weight is 335 g/mol. The van der Waals surface area contributed by atoms with Gasteiger partial charge < -0.3 is 5.32 Å². The maximum Gasteiger partial charge on any atom is 0.145 e. The maximum absolute atomic E-state index is 8.78. The monoisotopic (exact) mass is 334 g/mol. The fourth-order valence-corrected chi connectivity index (χ4v) is 2.28. The van der Waals surface area contributed by atoms with E-state index in [1.165, 1.54) is 11.0 Å². The van der Waals surface area contributed by atoms with Crippen LogP contribution in [0.2, 0.25) is 5.02 Å². The van der Waals surface area contributed by atoms with E-state index in [-0.39, 0.29) is 5.57 Å². The van der Waals surface area contributed by atoms with E-state index >= 15 is 0 Å². The lowest BCUT2D eigenvalue weighted by Gasteiger charge is -2.04. The van der Waals surface area contributed by atoms with E-state index in [9.17, 15) is 0 Å². The quantitative estimate of drug-likeness (QED) is 0.737. The second kappa shape index (κ2) is 6.41. The molecule has 116 valence electrons. The summed E-state index contributed by atoms with van der Waals surface area (Å²) in [5.41, 5.74) is 3.93. The summed E-state index contributed by atoms with van der Waals surface area (Å²) in [6.45, 7) is 1.91. The number of allylic oxidation sites excluding steroid dienone is 1. The largest absolute Gasteiger partial charge is 0.360 e. The van der Waals surface area contributed by atoms with Gasteiger partial charge in [-0.15, -0.1) is 10.2 Å². The van der Waals surface area contributed by atoms with Crippen LogP contribution in [-0.2, 0) is 0 Å². The Bertz CT molecular complexity index is 1000. The summed E-state index contributed by atoms with van der Waals surface area (Å²) in [5, 5.41) is 30.1. The van der Waals surface area contributed by atoms with Crippen molar-refractivity contribution in [1.82, 2.24) is 15.0 Å². The summed E-state index contributed by atoms with van der Waals surface area (Å²) in [5.74, 6) is 0. The first-order chi connectivity index (χ1) is 11.6. The predicted octanol–water partition coefficient (Wildman–Crippen LogP) is 3.73. The van der Waals surface area contributed by atoms with Crippen LogP contribution in [0.3, 0.4) is 0 Å². The number of halogens is 1. The van der Waals surface area contributed by atoms with Gasteiger partial charge in [0, 0.05) is 16.9 Å². The van der Waals surface area contributed by atoms with E-state index in [0.29, 0.717) is 10.5 Å². The summed E-state index contributed by atoms with van der Waals surface area (Å²) < 4.78 is 0. The SMILES string of the molecule is Cc1cc2nn(-c3ccc(Cl)cc3)nc2cc1NC=C(C#N)C#N. The van der Waals surface area contributed by atoms with Crippen molar-refractivity contribution in [3.05, 3.63) is 58.8 Å². The molecule has 0 atom stereocenters. The minimum Gasteiger partial charge on any atom is -0.360 e. The van der Waals surface area contributed by atoms with E-state index in [2.05, 4.69) is 15.5 Å². The fraction of sp³-hybridized carbons (Fsp3) is 0.0588. The molecule has 1 N–H and O–H groups in total. The van der Waals surface area contributed by atoms with Crippen LogP contribution in [-0.4, -0.2) is 15.0 Å². The number of benzene rings is 2. The molecule has 6 nitrogen and oxygen atoms in total. The second-order valence-corrected chi connectivity index (χ2v) is 5.48. The molecule has 2 aromatic carbocycles. The molecular formula is C17H11ClN6. The molecule has 0 aliphatic heterocycles. The predicted molar refractivity (Wildman–Crippen MR) is 91.5 cm³/mol. The van der Waals surface area contributed by atoms with Gasteiger partial charge >= 0.3 is 0 Å². The van der Waals surface area contributed by atoms with E-state index in [1.54, 1.807) is 24.3 Å². The number of aromatic nitrogens is 3. The van der Waals surface area contributed by atoms with Gasteiger partial charge in [0.1, 0.15) is 28.7 Å².